The molecule has 112 valence electrons. The quantitative estimate of drug-likeness (QED) is 0.848. The van der Waals surface area contributed by atoms with E-state index >= 15 is 0 Å². The van der Waals surface area contributed by atoms with Crippen molar-refractivity contribution >= 4 is 15.9 Å². The maximum atomic E-state index is 12.2. The molecule has 20 heavy (non-hydrogen) atoms. The van der Waals surface area contributed by atoms with Gasteiger partial charge in [0.05, 0.1) is 5.69 Å². The fraction of sp³-hybridized carbons (Fsp3) is 0.733. The molecule has 2 rings (SSSR count). The van der Waals surface area contributed by atoms with E-state index in [1.807, 2.05) is 13.8 Å². The van der Waals surface area contributed by atoms with Crippen LogP contribution in [-0.4, -0.2) is 17.1 Å². The van der Waals surface area contributed by atoms with Crippen LogP contribution in [0.15, 0.2) is 9.27 Å². The molecule has 0 aliphatic heterocycles. The Kier molecular flexibility index (Phi) is 5.02. The first-order valence-corrected chi connectivity index (χ1v) is 8.15. The Bertz CT molecular complexity index is 517. The number of hydrogen-bond donors (Lipinski definition) is 1. The zero-order chi connectivity index (χ0) is 14.8. The van der Waals surface area contributed by atoms with Gasteiger partial charge in [0, 0.05) is 7.11 Å². The van der Waals surface area contributed by atoms with Crippen LogP contribution in [0.5, 0.6) is 0 Å². The normalized spacial score (nSPS) is 19.1. The number of methoxy groups -OCH3 is 1. The number of hydrogen-bond acceptors (Lipinski definition) is 3. The van der Waals surface area contributed by atoms with Crippen LogP contribution in [0.25, 0.3) is 0 Å². The average Bonchev–Trinajstić information content (AvgIpc) is 2.67. The summed E-state index contributed by atoms with van der Waals surface area (Å²) in [6.45, 7) is 4.09. The second-order valence-electron chi connectivity index (χ2n) is 5.88. The Morgan fingerprint density at radius 2 is 1.85 bits per heavy atom. The van der Waals surface area contributed by atoms with E-state index in [1.165, 1.54) is 12.8 Å². The van der Waals surface area contributed by atoms with E-state index in [9.17, 15) is 4.79 Å². The maximum absolute atomic E-state index is 12.2. The van der Waals surface area contributed by atoms with Crippen molar-refractivity contribution in [3.05, 3.63) is 26.3 Å². The lowest BCUT2D eigenvalue weighted by Crippen LogP contribution is -2.33. The molecule has 0 radical (unpaired) electrons. The molecule has 1 fully saturated rings. The zero-order valence-corrected chi connectivity index (χ0v) is 14.0. The Hall–Kier alpha value is -0.680. The van der Waals surface area contributed by atoms with E-state index < -0.39 is 5.60 Å². The van der Waals surface area contributed by atoms with E-state index in [0.717, 1.165) is 31.4 Å². The first-order chi connectivity index (χ1) is 9.50. The van der Waals surface area contributed by atoms with Crippen molar-refractivity contribution in [2.24, 2.45) is 0 Å². The molecule has 0 unspecified atom stereocenters. The van der Waals surface area contributed by atoms with Crippen LogP contribution in [0.2, 0.25) is 0 Å². The highest BCUT2D eigenvalue weighted by molar-refractivity contribution is 9.10. The third-order valence-electron chi connectivity index (χ3n) is 4.17. The number of halogens is 1. The van der Waals surface area contributed by atoms with Gasteiger partial charge in [-0.15, -0.1) is 0 Å². The molecule has 1 aliphatic rings. The summed E-state index contributed by atoms with van der Waals surface area (Å²) in [6, 6.07) is 0. The first-order valence-electron chi connectivity index (χ1n) is 7.35. The van der Waals surface area contributed by atoms with Gasteiger partial charge in [-0.1, -0.05) is 39.5 Å². The minimum Gasteiger partial charge on any atom is -0.370 e. The SMILES string of the molecule is COC1(c2nc(C(C)C)c(Br)c(=O)[nH]2)CCCCCC1. The minimum atomic E-state index is -0.431. The molecule has 0 saturated heterocycles. The Labute approximate surface area is 128 Å². The number of nitrogens with one attached hydrogen (secondary N) is 1. The van der Waals surface area contributed by atoms with Crippen LogP contribution in [0.3, 0.4) is 0 Å². The van der Waals surface area contributed by atoms with E-state index in [-0.39, 0.29) is 11.5 Å². The van der Waals surface area contributed by atoms with Gasteiger partial charge in [0.1, 0.15) is 15.9 Å². The van der Waals surface area contributed by atoms with E-state index in [4.69, 9.17) is 9.72 Å². The Morgan fingerprint density at radius 3 is 2.35 bits per heavy atom. The monoisotopic (exact) mass is 342 g/mol. The summed E-state index contributed by atoms with van der Waals surface area (Å²) in [5, 5.41) is 0. The highest BCUT2D eigenvalue weighted by Gasteiger charge is 2.36. The summed E-state index contributed by atoms with van der Waals surface area (Å²) in [4.78, 5) is 19.8. The first kappa shape index (κ1) is 15.7. The van der Waals surface area contributed by atoms with Crippen molar-refractivity contribution in [1.82, 2.24) is 9.97 Å². The van der Waals surface area contributed by atoms with Crippen LogP contribution in [-0.2, 0) is 10.3 Å². The van der Waals surface area contributed by atoms with Crippen LogP contribution < -0.4 is 5.56 Å². The molecule has 1 N–H and O–H groups in total. The molecule has 1 aliphatic carbocycles. The third kappa shape index (κ3) is 2.98. The van der Waals surface area contributed by atoms with Gasteiger partial charge in [0.15, 0.2) is 0 Å². The number of aromatic nitrogens is 2. The summed E-state index contributed by atoms with van der Waals surface area (Å²) < 4.78 is 6.36. The molecule has 4 nitrogen and oxygen atoms in total. The van der Waals surface area contributed by atoms with Gasteiger partial charge in [-0.3, -0.25) is 4.79 Å². The van der Waals surface area contributed by atoms with Gasteiger partial charge in [0.25, 0.3) is 5.56 Å². The van der Waals surface area contributed by atoms with Crippen molar-refractivity contribution in [3.63, 3.8) is 0 Å². The van der Waals surface area contributed by atoms with Crippen molar-refractivity contribution in [2.75, 3.05) is 7.11 Å². The molecule has 0 aromatic carbocycles. The van der Waals surface area contributed by atoms with E-state index in [2.05, 4.69) is 20.9 Å². The molecule has 0 spiro atoms. The Balaban J connectivity index is 2.51. The lowest BCUT2D eigenvalue weighted by molar-refractivity contribution is -0.0355. The summed E-state index contributed by atoms with van der Waals surface area (Å²) in [5.41, 5.74) is 0.267. The maximum Gasteiger partial charge on any atom is 0.265 e. The van der Waals surface area contributed by atoms with Crippen LogP contribution in [0.4, 0.5) is 0 Å². The second-order valence-corrected chi connectivity index (χ2v) is 6.67. The summed E-state index contributed by atoms with van der Waals surface area (Å²) >= 11 is 3.35. The zero-order valence-electron chi connectivity index (χ0n) is 12.5. The molecule has 1 aromatic heterocycles. The molecular formula is C15H23BrN2O2. The Morgan fingerprint density at radius 1 is 1.25 bits per heavy atom. The van der Waals surface area contributed by atoms with Crippen molar-refractivity contribution in [3.8, 4) is 0 Å². The summed E-state index contributed by atoms with van der Waals surface area (Å²) in [6.07, 6.45) is 6.53. The predicted octanol–water partition coefficient (Wildman–Crippen LogP) is 3.85. The lowest BCUT2D eigenvalue weighted by Gasteiger charge is -2.30. The second kappa shape index (κ2) is 6.39. The van der Waals surface area contributed by atoms with Gasteiger partial charge >= 0.3 is 0 Å². The molecule has 1 aromatic rings. The third-order valence-corrected chi connectivity index (χ3v) is 4.94. The van der Waals surface area contributed by atoms with Gasteiger partial charge in [-0.05, 0) is 34.7 Å². The van der Waals surface area contributed by atoms with Crippen molar-refractivity contribution < 1.29 is 4.74 Å². The predicted molar refractivity (Wildman–Crippen MR) is 83.0 cm³/mol. The fourth-order valence-corrected chi connectivity index (χ4v) is 3.56. The molecule has 1 heterocycles. The molecule has 0 atom stereocenters. The standard InChI is InChI=1S/C15H23BrN2O2/c1-10(2)12-11(16)13(19)18-14(17-12)15(20-3)8-6-4-5-7-9-15/h10H,4-9H2,1-3H3,(H,17,18,19). The van der Waals surface area contributed by atoms with Crippen molar-refractivity contribution in [2.45, 2.75) is 63.9 Å². The number of rotatable bonds is 3. The van der Waals surface area contributed by atoms with Crippen molar-refractivity contribution in [1.29, 1.82) is 0 Å². The highest BCUT2D eigenvalue weighted by atomic mass is 79.9. The highest BCUT2D eigenvalue weighted by Crippen LogP contribution is 2.37. The number of aromatic amines is 1. The van der Waals surface area contributed by atoms with Crippen LogP contribution in [0, 0.1) is 0 Å². The fourth-order valence-electron chi connectivity index (χ4n) is 2.91. The molecule has 5 heteroatoms. The molecular weight excluding hydrogens is 320 g/mol. The number of ether oxygens (including phenoxy) is 1. The smallest absolute Gasteiger partial charge is 0.265 e. The topological polar surface area (TPSA) is 55.0 Å². The van der Waals surface area contributed by atoms with Gasteiger partial charge < -0.3 is 9.72 Å². The molecule has 0 bridgehead atoms. The summed E-state index contributed by atoms with van der Waals surface area (Å²) in [5.74, 6) is 0.893. The van der Waals surface area contributed by atoms with Gasteiger partial charge in [0.2, 0.25) is 0 Å². The number of H-pyrrole nitrogens is 1. The van der Waals surface area contributed by atoms with Crippen LogP contribution >= 0.6 is 15.9 Å². The average molecular weight is 343 g/mol. The largest absolute Gasteiger partial charge is 0.370 e. The van der Waals surface area contributed by atoms with E-state index in [1.54, 1.807) is 7.11 Å². The number of nitrogens with zero attached hydrogens (tertiary/aromatic N) is 1. The van der Waals surface area contributed by atoms with Gasteiger partial charge in [-0.2, -0.15) is 0 Å². The lowest BCUT2D eigenvalue weighted by atomic mass is 9.92. The minimum absolute atomic E-state index is 0.112. The van der Waals surface area contributed by atoms with Gasteiger partial charge in [-0.25, -0.2) is 4.98 Å². The molecule has 0 amide bonds. The molecule has 1 saturated carbocycles. The van der Waals surface area contributed by atoms with Crippen LogP contribution in [0.1, 0.15) is 69.8 Å². The van der Waals surface area contributed by atoms with E-state index in [0.29, 0.717) is 10.3 Å². The summed E-state index contributed by atoms with van der Waals surface area (Å²) in [7, 11) is 1.72.